The van der Waals surface area contributed by atoms with Crippen LogP contribution in [0.3, 0.4) is 0 Å². The molecule has 0 aromatic heterocycles. The number of esters is 1. The molecule has 290 valence electrons. The zero-order chi connectivity index (χ0) is 37.8. The highest BCUT2D eigenvalue weighted by molar-refractivity contribution is 7.47. The van der Waals surface area contributed by atoms with Crippen LogP contribution in [0.25, 0.3) is 0 Å². The number of allylic oxidation sites excluding steroid dienone is 12. The van der Waals surface area contributed by atoms with E-state index in [1.807, 2.05) is 18.2 Å². The summed E-state index contributed by atoms with van der Waals surface area (Å²) in [5.41, 5.74) is 0. The lowest BCUT2D eigenvalue weighted by Gasteiger charge is -2.18. The molecular weight excluding hydrogens is 673 g/mol. The Hall–Kier alpha value is -3.08. The van der Waals surface area contributed by atoms with Gasteiger partial charge in [-0.15, -0.1) is 0 Å². The van der Waals surface area contributed by atoms with Gasteiger partial charge in [-0.2, -0.15) is 0 Å². The largest absolute Gasteiger partial charge is 0.480 e. The lowest BCUT2D eigenvalue weighted by molar-refractivity contribution is -0.147. The number of ether oxygens (including phenoxy) is 1. The van der Waals surface area contributed by atoms with Gasteiger partial charge in [-0.3, -0.25) is 18.6 Å². The van der Waals surface area contributed by atoms with Crippen molar-refractivity contribution in [3.05, 3.63) is 72.9 Å². The zero-order valence-corrected chi connectivity index (χ0v) is 31.8. The Morgan fingerprint density at radius 1 is 0.647 bits per heavy atom. The number of carboxylic acid groups (broad SMARTS) is 1. The van der Waals surface area contributed by atoms with Crippen LogP contribution in [0.2, 0.25) is 0 Å². The molecule has 0 aromatic carbocycles. The Labute approximate surface area is 306 Å². The van der Waals surface area contributed by atoms with Gasteiger partial charge in [-0.25, -0.2) is 9.36 Å². The molecule has 3 unspecified atom stereocenters. The molecule has 3 atom stereocenters. The summed E-state index contributed by atoms with van der Waals surface area (Å²) < 4.78 is 26.6. The van der Waals surface area contributed by atoms with Crippen LogP contribution in [0.4, 0.5) is 0 Å². The van der Waals surface area contributed by atoms with E-state index in [2.05, 4.69) is 73.8 Å². The van der Waals surface area contributed by atoms with E-state index >= 15 is 0 Å². The minimum absolute atomic E-state index is 0.0171. The van der Waals surface area contributed by atoms with Gasteiger partial charge in [0.05, 0.1) is 13.2 Å². The summed E-state index contributed by atoms with van der Waals surface area (Å²) in [5, 5.41) is 21.6. The van der Waals surface area contributed by atoms with Gasteiger partial charge in [0.1, 0.15) is 12.7 Å². The monoisotopic (exact) mass is 737 g/mol. The first kappa shape index (κ1) is 47.9. The number of aliphatic carboxylic acids is 1. The van der Waals surface area contributed by atoms with Crippen LogP contribution in [-0.4, -0.2) is 64.9 Å². The molecule has 11 nitrogen and oxygen atoms in total. The quantitative estimate of drug-likeness (QED) is 0.0221. The molecule has 0 aromatic rings. The summed E-state index contributed by atoms with van der Waals surface area (Å²) in [6.45, 7) is 2.34. The maximum absolute atomic E-state index is 12.2. The SMILES string of the molecule is CC/C=C\C/C=C\C/C=C\C/C=C\C/C=C\C/C=C\CCC(=O)NC(COP(=O)(O)OCC(O)COC(=O)CCCCCCCCCC)C(=O)O. The van der Waals surface area contributed by atoms with Crippen molar-refractivity contribution in [2.45, 2.75) is 135 Å². The Balaban J connectivity index is 4.13. The predicted molar refractivity (Wildman–Crippen MR) is 203 cm³/mol. The third-order valence-corrected chi connectivity index (χ3v) is 8.22. The van der Waals surface area contributed by atoms with Gasteiger partial charge in [0.25, 0.3) is 0 Å². The first-order valence-corrected chi connectivity index (χ1v) is 20.0. The molecule has 0 saturated carbocycles. The molecule has 0 saturated heterocycles. The standard InChI is InChI=1S/C39H64NO10P/c1-3-5-7-9-11-13-14-15-16-17-18-19-20-21-22-23-24-26-28-30-37(42)40-36(39(44)45)34-50-51(46,47)49-33-35(41)32-48-38(43)31-29-27-25-12-10-8-6-4-2/h5,7,11,13,15-16,18-19,21-22,24,26,35-36,41H,3-4,6,8-10,12,14,17,20,23,25,27-34H2,1-2H3,(H,40,42)(H,44,45)(H,46,47)/b7-5-,13-11-,16-15-,19-18-,22-21-,26-24-. The average Bonchev–Trinajstić information content (AvgIpc) is 3.10. The van der Waals surface area contributed by atoms with Crippen molar-refractivity contribution < 1.29 is 47.8 Å². The number of carbonyl (C=O) groups excluding carboxylic acids is 2. The fourth-order valence-corrected chi connectivity index (χ4v) is 5.17. The second-order valence-electron chi connectivity index (χ2n) is 12.0. The van der Waals surface area contributed by atoms with Crippen LogP contribution in [0.5, 0.6) is 0 Å². The fraction of sp³-hybridized carbons (Fsp3) is 0.615. The summed E-state index contributed by atoms with van der Waals surface area (Å²) in [7, 11) is -4.77. The number of carboxylic acids is 1. The first-order chi connectivity index (χ1) is 24.6. The molecule has 0 bridgehead atoms. The molecule has 0 spiro atoms. The topological polar surface area (TPSA) is 169 Å². The van der Waals surface area contributed by atoms with Crippen molar-refractivity contribution in [2.75, 3.05) is 19.8 Å². The van der Waals surface area contributed by atoms with Crippen molar-refractivity contribution in [1.29, 1.82) is 0 Å². The summed E-state index contributed by atoms with van der Waals surface area (Å²) in [4.78, 5) is 45.5. The molecule has 1 amide bonds. The third kappa shape index (κ3) is 33.8. The van der Waals surface area contributed by atoms with E-state index in [4.69, 9.17) is 13.8 Å². The Morgan fingerprint density at radius 3 is 1.63 bits per heavy atom. The molecule has 51 heavy (non-hydrogen) atoms. The maximum Gasteiger partial charge on any atom is 0.472 e. The first-order valence-electron chi connectivity index (χ1n) is 18.5. The number of phosphoric ester groups is 1. The summed E-state index contributed by atoms with van der Waals surface area (Å²) in [6, 6.07) is -1.59. The lowest BCUT2D eigenvalue weighted by atomic mass is 10.1. The van der Waals surface area contributed by atoms with Gasteiger partial charge in [0.15, 0.2) is 6.04 Å². The second-order valence-corrected chi connectivity index (χ2v) is 13.5. The van der Waals surface area contributed by atoms with Crippen LogP contribution >= 0.6 is 7.82 Å². The van der Waals surface area contributed by atoms with Gasteiger partial charge in [-0.1, -0.05) is 132 Å². The van der Waals surface area contributed by atoms with Crippen molar-refractivity contribution in [3.63, 3.8) is 0 Å². The van der Waals surface area contributed by atoms with Crippen molar-refractivity contribution in [1.82, 2.24) is 5.32 Å². The van der Waals surface area contributed by atoms with E-state index < -0.39 is 57.6 Å². The number of phosphoric acid groups is 1. The smallest absolute Gasteiger partial charge is 0.472 e. The summed E-state index contributed by atoms with van der Waals surface area (Å²) in [6.07, 6.45) is 38.3. The molecule has 0 fully saturated rings. The number of aliphatic hydroxyl groups is 1. The van der Waals surface area contributed by atoms with E-state index in [9.17, 15) is 34.1 Å². The molecule has 4 N–H and O–H groups in total. The fourth-order valence-electron chi connectivity index (χ4n) is 4.39. The molecule has 0 radical (unpaired) electrons. The van der Waals surface area contributed by atoms with E-state index in [0.717, 1.165) is 51.4 Å². The van der Waals surface area contributed by atoms with E-state index in [1.54, 1.807) is 0 Å². The number of hydrogen-bond donors (Lipinski definition) is 4. The normalized spacial score (nSPS) is 14.7. The number of amides is 1. The summed E-state index contributed by atoms with van der Waals surface area (Å²) in [5.74, 6) is -2.51. The number of hydrogen-bond acceptors (Lipinski definition) is 8. The predicted octanol–water partition coefficient (Wildman–Crippen LogP) is 8.60. The van der Waals surface area contributed by atoms with E-state index in [1.165, 1.54) is 25.7 Å². The highest BCUT2D eigenvalue weighted by Crippen LogP contribution is 2.43. The van der Waals surface area contributed by atoms with Crippen molar-refractivity contribution in [2.24, 2.45) is 0 Å². The molecule has 0 aliphatic carbocycles. The van der Waals surface area contributed by atoms with Gasteiger partial charge in [0.2, 0.25) is 5.91 Å². The number of aliphatic hydroxyl groups excluding tert-OH is 1. The molecule has 0 heterocycles. The number of nitrogens with one attached hydrogen (secondary N) is 1. The Kier molecular flexibility index (Phi) is 32.0. The van der Waals surface area contributed by atoms with Crippen LogP contribution in [0, 0.1) is 0 Å². The Morgan fingerprint density at radius 2 is 1.12 bits per heavy atom. The second kappa shape index (κ2) is 34.0. The minimum atomic E-state index is -4.77. The lowest BCUT2D eigenvalue weighted by Crippen LogP contribution is -2.43. The molecule has 0 aliphatic heterocycles. The van der Waals surface area contributed by atoms with Crippen LogP contribution in [0.15, 0.2) is 72.9 Å². The van der Waals surface area contributed by atoms with Gasteiger partial charge >= 0.3 is 19.8 Å². The number of rotatable bonds is 33. The van der Waals surface area contributed by atoms with Crippen LogP contribution < -0.4 is 5.32 Å². The van der Waals surface area contributed by atoms with Crippen LogP contribution in [-0.2, 0) is 32.7 Å². The molecule has 0 aliphatic rings. The highest BCUT2D eigenvalue weighted by Gasteiger charge is 2.28. The molecular formula is C39H64NO10P. The minimum Gasteiger partial charge on any atom is -0.480 e. The number of carbonyl (C=O) groups is 3. The van der Waals surface area contributed by atoms with Crippen molar-refractivity contribution in [3.8, 4) is 0 Å². The zero-order valence-electron chi connectivity index (χ0n) is 30.9. The maximum atomic E-state index is 12.2. The van der Waals surface area contributed by atoms with Gasteiger partial charge in [-0.05, 0) is 51.4 Å². The van der Waals surface area contributed by atoms with Gasteiger partial charge < -0.3 is 25.2 Å². The number of unbranched alkanes of at least 4 members (excludes halogenated alkanes) is 7. The third-order valence-electron chi connectivity index (χ3n) is 7.27. The van der Waals surface area contributed by atoms with Crippen LogP contribution in [0.1, 0.15) is 123 Å². The van der Waals surface area contributed by atoms with E-state index in [-0.39, 0.29) is 12.8 Å². The summed E-state index contributed by atoms with van der Waals surface area (Å²) >= 11 is 0. The van der Waals surface area contributed by atoms with Crippen molar-refractivity contribution >= 4 is 25.7 Å². The molecule has 0 rings (SSSR count). The van der Waals surface area contributed by atoms with Gasteiger partial charge in [0, 0.05) is 12.8 Å². The Bertz CT molecular complexity index is 1140. The highest BCUT2D eigenvalue weighted by atomic mass is 31.2. The average molecular weight is 738 g/mol. The molecule has 12 heteroatoms. The van der Waals surface area contributed by atoms with E-state index in [0.29, 0.717) is 19.3 Å².